The molecule has 7 heteroatoms. The average molecular weight is 260 g/mol. The first-order valence-electron chi connectivity index (χ1n) is 5.68. The van der Waals surface area contributed by atoms with Gasteiger partial charge in [0.2, 0.25) is 5.95 Å². The van der Waals surface area contributed by atoms with E-state index >= 15 is 0 Å². The summed E-state index contributed by atoms with van der Waals surface area (Å²) < 4.78 is 0. The molecule has 1 heterocycles. The topological polar surface area (TPSA) is 104 Å². The first-order valence-corrected chi connectivity index (χ1v) is 5.68. The summed E-state index contributed by atoms with van der Waals surface area (Å²) in [5.74, 6) is 0.328. The SMILES string of the molecule is CN(C)N(c1ccccc1)c1nc(N)c(N)c(=O)[nH]1. The van der Waals surface area contributed by atoms with E-state index < -0.39 is 5.56 Å². The molecule has 0 aliphatic heterocycles. The zero-order chi connectivity index (χ0) is 14.0. The molecular formula is C12H16N6O. The first kappa shape index (κ1) is 12.9. The summed E-state index contributed by atoms with van der Waals surface area (Å²) in [6.07, 6.45) is 0. The summed E-state index contributed by atoms with van der Waals surface area (Å²) in [5.41, 5.74) is 11.5. The van der Waals surface area contributed by atoms with Crippen LogP contribution in [-0.4, -0.2) is 29.1 Å². The summed E-state index contributed by atoms with van der Waals surface area (Å²) in [6.45, 7) is 0. The molecule has 0 saturated carbocycles. The molecule has 0 aliphatic rings. The number of benzene rings is 1. The number of nitrogen functional groups attached to an aromatic ring is 2. The van der Waals surface area contributed by atoms with E-state index in [0.29, 0.717) is 5.95 Å². The maximum absolute atomic E-state index is 11.7. The molecule has 19 heavy (non-hydrogen) atoms. The van der Waals surface area contributed by atoms with Crippen LogP contribution in [0.3, 0.4) is 0 Å². The molecular weight excluding hydrogens is 244 g/mol. The molecule has 0 amide bonds. The number of H-pyrrole nitrogens is 1. The lowest BCUT2D eigenvalue weighted by molar-refractivity contribution is 0.410. The highest BCUT2D eigenvalue weighted by molar-refractivity contribution is 5.62. The van der Waals surface area contributed by atoms with E-state index in [0.717, 1.165) is 5.69 Å². The molecule has 0 spiro atoms. The Morgan fingerprint density at radius 1 is 1.16 bits per heavy atom. The van der Waals surface area contributed by atoms with Crippen molar-refractivity contribution in [3.05, 3.63) is 40.7 Å². The van der Waals surface area contributed by atoms with Gasteiger partial charge in [-0.15, -0.1) is 0 Å². The minimum atomic E-state index is -0.453. The minimum Gasteiger partial charge on any atom is -0.391 e. The molecule has 2 rings (SSSR count). The predicted molar refractivity (Wildman–Crippen MR) is 76.0 cm³/mol. The van der Waals surface area contributed by atoms with Crippen LogP contribution in [0.4, 0.5) is 23.1 Å². The van der Waals surface area contributed by atoms with Gasteiger partial charge in [-0.1, -0.05) is 18.2 Å². The van der Waals surface area contributed by atoms with Crippen LogP contribution in [0.5, 0.6) is 0 Å². The summed E-state index contributed by atoms with van der Waals surface area (Å²) in [7, 11) is 3.67. The van der Waals surface area contributed by atoms with Crippen LogP contribution < -0.4 is 22.0 Å². The molecule has 0 radical (unpaired) electrons. The number of nitrogens with one attached hydrogen (secondary N) is 1. The van der Waals surface area contributed by atoms with Gasteiger partial charge in [0.05, 0.1) is 5.69 Å². The monoisotopic (exact) mass is 260 g/mol. The van der Waals surface area contributed by atoms with Gasteiger partial charge in [0, 0.05) is 14.1 Å². The third-order valence-electron chi connectivity index (χ3n) is 2.57. The van der Waals surface area contributed by atoms with Crippen molar-refractivity contribution in [2.75, 3.05) is 30.6 Å². The standard InChI is InChI=1S/C12H16N6O/c1-17(2)18(8-6-4-3-5-7-8)12-15-10(14)9(13)11(19)16-12/h3-7H,13H2,1-2H3,(H3,14,15,16,19). The van der Waals surface area contributed by atoms with Gasteiger partial charge in [-0.3, -0.25) is 9.78 Å². The Hall–Kier alpha value is -2.54. The summed E-state index contributed by atoms with van der Waals surface area (Å²) in [4.78, 5) is 18.4. The van der Waals surface area contributed by atoms with Crippen LogP contribution in [0.1, 0.15) is 0 Å². The van der Waals surface area contributed by atoms with Gasteiger partial charge < -0.3 is 11.5 Å². The van der Waals surface area contributed by atoms with Crippen molar-refractivity contribution in [1.82, 2.24) is 15.0 Å². The van der Waals surface area contributed by atoms with Crippen molar-refractivity contribution in [2.45, 2.75) is 0 Å². The Morgan fingerprint density at radius 3 is 2.32 bits per heavy atom. The molecule has 2 aromatic rings. The maximum atomic E-state index is 11.7. The highest BCUT2D eigenvalue weighted by Gasteiger charge is 2.16. The molecule has 0 atom stereocenters. The minimum absolute atomic E-state index is 0.0153. The van der Waals surface area contributed by atoms with E-state index in [1.54, 1.807) is 10.0 Å². The van der Waals surface area contributed by atoms with Gasteiger partial charge >= 0.3 is 0 Å². The number of rotatable bonds is 3. The predicted octanol–water partition coefficient (Wildman–Crippen LogP) is 0.549. The van der Waals surface area contributed by atoms with E-state index in [2.05, 4.69) is 9.97 Å². The lowest BCUT2D eigenvalue weighted by Crippen LogP contribution is -2.35. The van der Waals surface area contributed by atoms with Gasteiger partial charge in [-0.2, -0.15) is 4.98 Å². The molecule has 0 fully saturated rings. The fraction of sp³-hybridized carbons (Fsp3) is 0.167. The normalized spacial score (nSPS) is 10.7. The second kappa shape index (κ2) is 4.99. The molecule has 1 aromatic carbocycles. The Balaban J connectivity index is 2.55. The van der Waals surface area contributed by atoms with Gasteiger partial charge in [-0.25, -0.2) is 10.0 Å². The second-order valence-corrected chi connectivity index (χ2v) is 4.18. The molecule has 5 N–H and O–H groups in total. The zero-order valence-electron chi connectivity index (χ0n) is 10.8. The lowest BCUT2D eigenvalue weighted by Gasteiger charge is -2.29. The Bertz CT molecular complexity index is 622. The number of nitrogens with zero attached hydrogens (tertiary/aromatic N) is 3. The van der Waals surface area contributed by atoms with Crippen molar-refractivity contribution in [3.8, 4) is 0 Å². The van der Waals surface area contributed by atoms with Crippen molar-refractivity contribution < 1.29 is 0 Å². The molecule has 100 valence electrons. The molecule has 7 nitrogen and oxygen atoms in total. The Kier molecular flexibility index (Phi) is 3.39. The lowest BCUT2D eigenvalue weighted by atomic mass is 10.3. The van der Waals surface area contributed by atoms with Crippen molar-refractivity contribution >= 4 is 23.1 Å². The number of hydrogen-bond acceptors (Lipinski definition) is 6. The molecule has 0 saturated heterocycles. The number of hydrazine groups is 1. The van der Waals surface area contributed by atoms with E-state index in [9.17, 15) is 4.79 Å². The van der Waals surface area contributed by atoms with E-state index in [4.69, 9.17) is 11.5 Å². The number of anilines is 4. The van der Waals surface area contributed by atoms with Crippen LogP contribution in [-0.2, 0) is 0 Å². The van der Waals surface area contributed by atoms with Crippen LogP contribution in [0.25, 0.3) is 0 Å². The third-order valence-corrected chi connectivity index (χ3v) is 2.57. The Labute approximate surface area is 110 Å². The number of hydrogen-bond donors (Lipinski definition) is 3. The summed E-state index contributed by atoms with van der Waals surface area (Å²) >= 11 is 0. The average Bonchev–Trinajstić information content (AvgIpc) is 2.37. The fourth-order valence-electron chi connectivity index (χ4n) is 1.70. The zero-order valence-corrected chi connectivity index (χ0v) is 10.8. The summed E-state index contributed by atoms with van der Waals surface area (Å²) in [6, 6.07) is 9.49. The van der Waals surface area contributed by atoms with E-state index in [1.165, 1.54) is 0 Å². The molecule has 0 aliphatic carbocycles. The number of aromatic nitrogens is 2. The fourth-order valence-corrected chi connectivity index (χ4v) is 1.70. The highest BCUT2D eigenvalue weighted by atomic mass is 16.1. The largest absolute Gasteiger partial charge is 0.391 e. The first-order chi connectivity index (χ1) is 9.00. The van der Waals surface area contributed by atoms with Gasteiger partial charge in [0.15, 0.2) is 5.82 Å². The summed E-state index contributed by atoms with van der Waals surface area (Å²) in [5, 5.41) is 3.50. The van der Waals surface area contributed by atoms with Crippen molar-refractivity contribution in [3.63, 3.8) is 0 Å². The van der Waals surface area contributed by atoms with Crippen LogP contribution in [0.2, 0.25) is 0 Å². The van der Waals surface area contributed by atoms with Gasteiger partial charge in [0.1, 0.15) is 5.69 Å². The van der Waals surface area contributed by atoms with Crippen molar-refractivity contribution in [1.29, 1.82) is 0 Å². The molecule has 0 unspecified atom stereocenters. The molecule has 1 aromatic heterocycles. The number of aromatic amines is 1. The maximum Gasteiger partial charge on any atom is 0.277 e. The van der Waals surface area contributed by atoms with E-state index in [-0.39, 0.29) is 11.5 Å². The third kappa shape index (κ3) is 2.50. The van der Waals surface area contributed by atoms with Gasteiger partial charge in [-0.05, 0) is 12.1 Å². The highest BCUT2D eigenvalue weighted by Crippen LogP contribution is 2.22. The Morgan fingerprint density at radius 2 is 1.79 bits per heavy atom. The van der Waals surface area contributed by atoms with Gasteiger partial charge in [0.25, 0.3) is 5.56 Å². The second-order valence-electron chi connectivity index (χ2n) is 4.18. The number of nitrogens with two attached hydrogens (primary N) is 2. The molecule has 0 bridgehead atoms. The number of para-hydroxylation sites is 1. The van der Waals surface area contributed by atoms with Crippen LogP contribution in [0, 0.1) is 0 Å². The van der Waals surface area contributed by atoms with Crippen molar-refractivity contribution in [2.24, 2.45) is 0 Å². The van der Waals surface area contributed by atoms with Crippen LogP contribution >= 0.6 is 0 Å². The smallest absolute Gasteiger partial charge is 0.277 e. The van der Waals surface area contributed by atoms with Crippen LogP contribution in [0.15, 0.2) is 35.1 Å². The quantitative estimate of drug-likeness (QED) is 0.696. The van der Waals surface area contributed by atoms with E-state index in [1.807, 2.05) is 44.4 Å².